The van der Waals surface area contributed by atoms with Crippen molar-refractivity contribution in [1.82, 2.24) is 5.43 Å². The number of hydrogen-bond donors (Lipinski definition) is 1. The van der Waals surface area contributed by atoms with Crippen LogP contribution in [0.1, 0.15) is 21.6 Å². The van der Waals surface area contributed by atoms with Gasteiger partial charge in [-0.1, -0.05) is 41.5 Å². The smallest absolute Gasteiger partial charge is 0.264 e. The third kappa shape index (κ3) is 5.14. The van der Waals surface area contributed by atoms with Gasteiger partial charge in [-0.3, -0.25) is 9.10 Å². The summed E-state index contributed by atoms with van der Waals surface area (Å²) in [6.07, 6.45) is 1.53. The zero-order valence-electron chi connectivity index (χ0n) is 17.0. The SMILES string of the molecule is Cc1ccc(S(=O)(=O)N(CC(=O)NN=Cc2cccs2)c2ccc(C)cc2C)cc1. The van der Waals surface area contributed by atoms with E-state index in [0.717, 1.165) is 25.9 Å². The number of thiophene rings is 1. The number of benzene rings is 2. The van der Waals surface area contributed by atoms with Crippen molar-refractivity contribution in [2.75, 3.05) is 10.8 Å². The molecule has 0 bridgehead atoms. The molecule has 0 spiro atoms. The van der Waals surface area contributed by atoms with E-state index < -0.39 is 15.9 Å². The molecule has 0 saturated carbocycles. The Balaban J connectivity index is 1.91. The molecule has 156 valence electrons. The lowest BCUT2D eigenvalue weighted by molar-refractivity contribution is -0.119. The molecule has 1 amide bonds. The Bertz CT molecular complexity index is 1150. The summed E-state index contributed by atoms with van der Waals surface area (Å²) < 4.78 is 27.9. The van der Waals surface area contributed by atoms with Gasteiger partial charge in [0.2, 0.25) is 0 Å². The van der Waals surface area contributed by atoms with Crippen LogP contribution in [0.15, 0.2) is 70.0 Å². The summed E-state index contributed by atoms with van der Waals surface area (Å²) in [5, 5.41) is 5.83. The molecule has 1 aromatic heterocycles. The first-order valence-electron chi connectivity index (χ1n) is 9.29. The maximum Gasteiger partial charge on any atom is 0.264 e. The predicted octanol–water partition coefficient (Wildman–Crippen LogP) is 4.02. The molecule has 8 heteroatoms. The second-order valence-corrected chi connectivity index (χ2v) is 9.76. The Morgan fingerprint density at radius 3 is 2.40 bits per heavy atom. The van der Waals surface area contributed by atoms with Crippen LogP contribution < -0.4 is 9.73 Å². The molecule has 30 heavy (non-hydrogen) atoms. The number of carbonyl (C=O) groups is 1. The molecule has 0 fully saturated rings. The second kappa shape index (κ2) is 9.23. The fourth-order valence-electron chi connectivity index (χ4n) is 2.92. The third-order valence-corrected chi connectivity index (χ3v) is 7.02. The van der Waals surface area contributed by atoms with Crippen molar-refractivity contribution in [2.24, 2.45) is 5.10 Å². The van der Waals surface area contributed by atoms with Gasteiger partial charge in [0.25, 0.3) is 15.9 Å². The summed E-state index contributed by atoms with van der Waals surface area (Å²) in [6, 6.07) is 15.7. The summed E-state index contributed by atoms with van der Waals surface area (Å²) in [7, 11) is -3.95. The van der Waals surface area contributed by atoms with Gasteiger partial charge in [0.05, 0.1) is 16.8 Å². The summed E-state index contributed by atoms with van der Waals surface area (Å²) in [5.74, 6) is -0.529. The molecule has 6 nitrogen and oxygen atoms in total. The topological polar surface area (TPSA) is 78.8 Å². The Morgan fingerprint density at radius 2 is 1.77 bits per heavy atom. The van der Waals surface area contributed by atoms with E-state index >= 15 is 0 Å². The van der Waals surface area contributed by atoms with Crippen LogP contribution in [0.25, 0.3) is 0 Å². The van der Waals surface area contributed by atoms with Crippen molar-refractivity contribution in [1.29, 1.82) is 0 Å². The van der Waals surface area contributed by atoms with E-state index in [1.165, 1.54) is 17.6 Å². The lowest BCUT2D eigenvalue weighted by atomic mass is 10.1. The standard InChI is InChI=1S/C22H23N3O3S2/c1-16-6-9-20(10-7-16)30(27,28)25(21-11-8-17(2)13-18(21)3)15-22(26)24-23-14-19-5-4-12-29-19/h4-14H,15H2,1-3H3,(H,24,26). The first-order chi connectivity index (χ1) is 14.3. The minimum atomic E-state index is -3.95. The fourth-order valence-corrected chi connectivity index (χ4v) is 4.99. The number of amides is 1. The van der Waals surface area contributed by atoms with E-state index in [0.29, 0.717) is 5.69 Å². The third-order valence-electron chi connectivity index (χ3n) is 4.44. The van der Waals surface area contributed by atoms with Gasteiger partial charge in [0, 0.05) is 4.88 Å². The lowest BCUT2D eigenvalue weighted by Crippen LogP contribution is -2.40. The highest BCUT2D eigenvalue weighted by molar-refractivity contribution is 7.92. The van der Waals surface area contributed by atoms with E-state index in [-0.39, 0.29) is 11.4 Å². The molecule has 0 aliphatic carbocycles. The van der Waals surface area contributed by atoms with Crippen molar-refractivity contribution >= 4 is 39.2 Å². The van der Waals surface area contributed by atoms with Gasteiger partial charge in [-0.05, 0) is 56.0 Å². The lowest BCUT2D eigenvalue weighted by Gasteiger charge is -2.25. The molecular formula is C22H23N3O3S2. The number of hydrogen-bond acceptors (Lipinski definition) is 5. The molecule has 0 aliphatic heterocycles. The van der Waals surface area contributed by atoms with Gasteiger partial charge in [-0.2, -0.15) is 5.10 Å². The Labute approximate surface area is 180 Å². The Morgan fingerprint density at radius 1 is 1.07 bits per heavy atom. The van der Waals surface area contributed by atoms with Crippen LogP contribution in [-0.2, 0) is 14.8 Å². The maximum atomic E-state index is 13.4. The second-order valence-electron chi connectivity index (χ2n) is 6.92. The number of rotatable bonds is 7. The van der Waals surface area contributed by atoms with E-state index in [9.17, 15) is 13.2 Å². The predicted molar refractivity (Wildman–Crippen MR) is 122 cm³/mol. The van der Waals surface area contributed by atoms with Crippen LogP contribution in [-0.4, -0.2) is 27.1 Å². The van der Waals surface area contributed by atoms with Crippen LogP contribution in [0.4, 0.5) is 5.69 Å². The minimum absolute atomic E-state index is 0.128. The maximum absolute atomic E-state index is 13.4. The van der Waals surface area contributed by atoms with Gasteiger partial charge in [-0.25, -0.2) is 13.8 Å². The van der Waals surface area contributed by atoms with E-state index in [2.05, 4.69) is 10.5 Å². The summed E-state index contributed by atoms with van der Waals surface area (Å²) in [6.45, 7) is 5.26. The number of carbonyl (C=O) groups excluding carboxylic acids is 1. The molecule has 2 aromatic carbocycles. The average Bonchev–Trinajstić information content (AvgIpc) is 3.20. The first-order valence-corrected chi connectivity index (χ1v) is 11.6. The fraction of sp³-hybridized carbons (Fsp3) is 0.182. The van der Waals surface area contributed by atoms with Crippen molar-refractivity contribution in [2.45, 2.75) is 25.7 Å². The quantitative estimate of drug-likeness (QED) is 0.444. The average molecular weight is 442 g/mol. The van der Waals surface area contributed by atoms with Crippen molar-refractivity contribution < 1.29 is 13.2 Å². The molecule has 0 radical (unpaired) electrons. The summed E-state index contributed by atoms with van der Waals surface area (Å²) in [5.41, 5.74) is 5.60. The molecule has 3 rings (SSSR count). The van der Waals surface area contributed by atoms with Crippen LogP contribution in [0.3, 0.4) is 0 Å². The molecule has 1 heterocycles. The number of nitrogens with zero attached hydrogens (tertiary/aromatic N) is 2. The van der Waals surface area contributed by atoms with Gasteiger partial charge in [-0.15, -0.1) is 11.3 Å². The van der Waals surface area contributed by atoms with Crippen LogP contribution in [0.2, 0.25) is 0 Å². The number of sulfonamides is 1. The molecule has 0 atom stereocenters. The molecule has 0 saturated heterocycles. The first kappa shape index (κ1) is 21.7. The number of aryl methyl sites for hydroxylation is 3. The van der Waals surface area contributed by atoms with Crippen LogP contribution in [0, 0.1) is 20.8 Å². The molecule has 0 aliphatic rings. The van der Waals surface area contributed by atoms with E-state index in [4.69, 9.17) is 0 Å². The van der Waals surface area contributed by atoms with Gasteiger partial charge in [0.1, 0.15) is 6.54 Å². The number of nitrogens with one attached hydrogen (secondary N) is 1. The minimum Gasteiger partial charge on any atom is -0.271 e. The highest BCUT2D eigenvalue weighted by atomic mass is 32.2. The Hall–Kier alpha value is -2.97. The zero-order chi connectivity index (χ0) is 21.7. The highest BCUT2D eigenvalue weighted by Gasteiger charge is 2.28. The van der Waals surface area contributed by atoms with Crippen molar-refractivity contribution in [3.05, 3.63) is 81.5 Å². The number of anilines is 1. The van der Waals surface area contributed by atoms with Crippen molar-refractivity contribution in [3.8, 4) is 0 Å². The molecular weight excluding hydrogens is 418 g/mol. The summed E-state index contributed by atoms with van der Waals surface area (Å²) >= 11 is 1.48. The van der Waals surface area contributed by atoms with E-state index in [1.54, 1.807) is 30.3 Å². The normalized spacial score (nSPS) is 11.6. The van der Waals surface area contributed by atoms with Crippen LogP contribution in [0.5, 0.6) is 0 Å². The van der Waals surface area contributed by atoms with Gasteiger partial charge >= 0.3 is 0 Å². The molecule has 3 aromatic rings. The van der Waals surface area contributed by atoms with E-state index in [1.807, 2.05) is 50.4 Å². The molecule has 0 unspecified atom stereocenters. The highest BCUT2D eigenvalue weighted by Crippen LogP contribution is 2.27. The summed E-state index contributed by atoms with van der Waals surface area (Å²) in [4.78, 5) is 13.5. The Kier molecular flexibility index (Phi) is 6.69. The number of hydrazone groups is 1. The van der Waals surface area contributed by atoms with Crippen LogP contribution >= 0.6 is 11.3 Å². The molecule has 1 N–H and O–H groups in total. The van der Waals surface area contributed by atoms with Gasteiger partial charge in [0.15, 0.2) is 0 Å². The van der Waals surface area contributed by atoms with Crippen molar-refractivity contribution in [3.63, 3.8) is 0 Å². The zero-order valence-corrected chi connectivity index (χ0v) is 18.6. The largest absolute Gasteiger partial charge is 0.271 e. The van der Waals surface area contributed by atoms with Gasteiger partial charge < -0.3 is 0 Å². The monoisotopic (exact) mass is 441 g/mol.